The van der Waals surface area contributed by atoms with Crippen LogP contribution in [0, 0.1) is 0 Å². The van der Waals surface area contributed by atoms with Crippen molar-refractivity contribution < 1.29 is 13.5 Å². The molecular formula is C7H6BrF2NO. The second-order valence-corrected chi connectivity index (χ2v) is 2.93. The van der Waals surface area contributed by atoms with Crippen LogP contribution < -0.4 is 4.74 Å². The fourth-order valence-electron chi connectivity index (χ4n) is 0.613. The van der Waals surface area contributed by atoms with Gasteiger partial charge < -0.3 is 4.74 Å². The van der Waals surface area contributed by atoms with Crippen LogP contribution in [0.4, 0.5) is 8.78 Å². The summed E-state index contributed by atoms with van der Waals surface area (Å²) in [6.45, 7) is -0.622. The van der Waals surface area contributed by atoms with Gasteiger partial charge in [0.05, 0.1) is 0 Å². The number of aromatic nitrogens is 1. The zero-order chi connectivity index (χ0) is 8.97. The van der Waals surface area contributed by atoms with E-state index >= 15 is 0 Å². The molecule has 0 aliphatic heterocycles. The number of pyridine rings is 1. The summed E-state index contributed by atoms with van der Waals surface area (Å²) in [6, 6.07) is 3.22. The summed E-state index contributed by atoms with van der Waals surface area (Å²) in [5.74, 6) is 0.199. The first-order chi connectivity index (χ1) is 5.68. The minimum absolute atomic E-state index is 0.199. The standard InChI is InChI=1S/C7H6BrF2NO/c8-5-1-2-11-7(3-5)12-4-6(9)10/h1-3,6H,4H2. The molecule has 0 bridgehead atoms. The Balaban J connectivity index is 2.52. The van der Waals surface area contributed by atoms with Crippen molar-refractivity contribution in [3.8, 4) is 5.88 Å². The zero-order valence-corrected chi connectivity index (χ0v) is 7.59. The second kappa shape index (κ2) is 4.35. The summed E-state index contributed by atoms with van der Waals surface area (Å²) in [5, 5.41) is 0. The normalized spacial score (nSPS) is 10.3. The predicted molar refractivity (Wildman–Crippen MR) is 43.4 cm³/mol. The van der Waals surface area contributed by atoms with E-state index in [0.717, 1.165) is 4.47 Å². The van der Waals surface area contributed by atoms with E-state index in [9.17, 15) is 8.78 Å². The van der Waals surface area contributed by atoms with Crippen molar-refractivity contribution in [2.45, 2.75) is 6.43 Å². The molecule has 5 heteroatoms. The van der Waals surface area contributed by atoms with Gasteiger partial charge in [-0.3, -0.25) is 0 Å². The minimum atomic E-state index is -2.47. The van der Waals surface area contributed by atoms with Crippen LogP contribution in [0.15, 0.2) is 22.8 Å². The Labute approximate surface area is 76.7 Å². The van der Waals surface area contributed by atoms with E-state index in [2.05, 4.69) is 25.7 Å². The number of halogens is 3. The Morgan fingerprint density at radius 2 is 2.33 bits per heavy atom. The summed E-state index contributed by atoms with van der Waals surface area (Å²) in [4.78, 5) is 3.73. The smallest absolute Gasteiger partial charge is 0.272 e. The topological polar surface area (TPSA) is 22.1 Å². The van der Waals surface area contributed by atoms with Crippen LogP contribution in [0.1, 0.15) is 0 Å². The van der Waals surface area contributed by atoms with E-state index in [-0.39, 0.29) is 5.88 Å². The zero-order valence-electron chi connectivity index (χ0n) is 6.01. The molecule has 0 aliphatic carbocycles. The number of alkyl halides is 2. The highest BCUT2D eigenvalue weighted by Gasteiger charge is 2.03. The van der Waals surface area contributed by atoms with Crippen molar-refractivity contribution in [2.24, 2.45) is 0 Å². The Morgan fingerprint density at radius 1 is 1.58 bits per heavy atom. The van der Waals surface area contributed by atoms with Crippen LogP contribution in [0.25, 0.3) is 0 Å². The van der Waals surface area contributed by atoms with Gasteiger partial charge in [0.1, 0.15) is 0 Å². The maximum atomic E-state index is 11.7. The molecule has 0 fully saturated rings. The maximum absolute atomic E-state index is 11.7. The quantitative estimate of drug-likeness (QED) is 0.806. The van der Waals surface area contributed by atoms with Crippen molar-refractivity contribution in [1.29, 1.82) is 0 Å². The first-order valence-corrected chi connectivity index (χ1v) is 4.00. The number of hydrogen-bond donors (Lipinski definition) is 0. The first kappa shape index (κ1) is 9.38. The van der Waals surface area contributed by atoms with E-state index in [1.54, 1.807) is 6.07 Å². The molecule has 0 aliphatic rings. The summed E-state index contributed by atoms with van der Waals surface area (Å²) in [6.07, 6.45) is -0.990. The van der Waals surface area contributed by atoms with Crippen LogP contribution in [-0.2, 0) is 0 Å². The lowest BCUT2D eigenvalue weighted by Crippen LogP contribution is -2.07. The highest BCUT2D eigenvalue weighted by atomic mass is 79.9. The molecule has 66 valence electrons. The van der Waals surface area contributed by atoms with Crippen LogP contribution >= 0.6 is 15.9 Å². The Bertz CT molecular complexity index is 257. The average Bonchev–Trinajstić information content (AvgIpc) is 2.01. The molecule has 0 aromatic carbocycles. The van der Waals surface area contributed by atoms with Gasteiger partial charge in [-0.25, -0.2) is 13.8 Å². The van der Waals surface area contributed by atoms with E-state index < -0.39 is 13.0 Å². The Kier molecular flexibility index (Phi) is 3.40. The van der Waals surface area contributed by atoms with E-state index in [1.165, 1.54) is 12.3 Å². The fraction of sp³-hybridized carbons (Fsp3) is 0.286. The van der Waals surface area contributed by atoms with Crippen molar-refractivity contribution in [2.75, 3.05) is 6.61 Å². The molecule has 0 unspecified atom stereocenters. The monoisotopic (exact) mass is 237 g/mol. The third kappa shape index (κ3) is 3.13. The number of rotatable bonds is 3. The molecule has 0 spiro atoms. The molecule has 0 N–H and O–H groups in total. The largest absolute Gasteiger partial charge is 0.472 e. The number of hydrogen-bond acceptors (Lipinski definition) is 2. The molecular weight excluding hydrogens is 232 g/mol. The minimum Gasteiger partial charge on any atom is -0.472 e. The molecule has 0 saturated heterocycles. The predicted octanol–water partition coefficient (Wildman–Crippen LogP) is 2.49. The van der Waals surface area contributed by atoms with Crippen molar-refractivity contribution in [3.63, 3.8) is 0 Å². The Morgan fingerprint density at radius 3 is 2.92 bits per heavy atom. The van der Waals surface area contributed by atoms with Crippen LogP contribution in [0.2, 0.25) is 0 Å². The second-order valence-electron chi connectivity index (χ2n) is 2.01. The molecule has 2 nitrogen and oxygen atoms in total. The van der Waals surface area contributed by atoms with Crippen LogP contribution in [0.5, 0.6) is 5.88 Å². The van der Waals surface area contributed by atoms with Gasteiger partial charge in [-0.05, 0) is 6.07 Å². The summed E-state index contributed by atoms with van der Waals surface area (Å²) in [7, 11) is 0. The maximum Gasteiger partial charge on any atom is 0.272 e. The highest BCUT2D eigenvalue weighted by Crippen LogP contribution is 2.14. The van der Waals surface area contributed by atoms with Crippen molar-refractivity contribution >= 4 is 15.9 Å². The molecule has 1 rings (SSSR count). The molecule has 1 aromatic rings. The van der Waals surface area contributed by atoms with Gasteiger partial charge in [0, 0.05) is 16.7 Å². The highest BCUT2D eigenvalue weighted by molar-refractivity contribution is 9.10. The summed E-state index contributed by atoms with van der Waals surface area (Å²) < 4.78 is 28.7. The van der Waals surface area contributed by atoms with Gasteiger partial charge in [0.2, 0.25) is 5.88 Å². The third-order valence-corrected chi connectivity index (χ3v) is 1.55. The van der Waals surface area contributed by atoms with E-state index in [1.807, 2.05) is 0 Å². The van der Waals surface area contributed by atoms with Gasteiger partial charge in [-0.2, -0.15) is 0 Å². The number of ether oxygens (including phenoxy) is 1. The van der Waals surface area contributed by atoms with Crippen LogP contribution in [-0.4, -0.2) is 18.0 Å². The summed E-state index contributed by atoms with van der Waals surface area (Å²) in [5.41, 5.74) is 0. The molecule has 12 heavy (non-hydrogen) atoms. The molecule has 0 atom stereocenters. The van der Waals surface area contributed by atoms with Gasteiger partial charge >= 0.3 is 0 Å². The average molecular weight is 238 g/mol. The lowest BCUT2D eigenvalue weighted by Gasteiger charge is -2.03. The molecule has 0 saturated carbocycles. The van der Waals surface area contributed by atoms with Gasteiger partial charge in [0.15, 0.2) is 6.61 Å². The van der Waals surface area contributed by atoms with Gasteiger partial charge in [-0.1, -0.05) is 15.9 Å². The van der Waals surface area contributed by atoms with Gasteiger partial charge in [0.25, 0.3) is 6.43 Å². The van der Waals surface area contributed by atoms with Crippen LogP contribution in [0.3, 0.4) is 0 Å². The van der Waals surface area contributed by atoms with Gasteiger partial charge in [-0.15, -0.1) is 0 Å². The fourth-order valence-corrected chi connectivity index (χ4v) is 0.927. The first-order valence-electron chi connectivity index (χ1n) is 3.21. The van der Waals surface area contributed by atoms with E-state index in [4.69, 9.17) is 0 Å². The number of nitrogens with zero attached hydrogens (tertiary/aromatic N) is 1. The van der Waals surface area contributed by atoms with E-state index in [0.29, 0.717) is 0 Å². The molecule has 0 amide bonds. The molecule has 1 aromatic heterocycles. The molecule has 1 heterocycles. The van der Waals surface area contributed by atoms with Crippen molar-refractivity contribution in [1.82, 2.24) is 4.98 Å². The SMILES string of the molecule is FC(F)COc1cc(Br)ccn1. The summed E-state index contributed by atoms with van der Waals surface area (Å²) >= 11 is 3.16. The lowest BCUT2D eigenvalue weighted by molar-refractivity contribution is 0.0795. The third-order valence-electron chi connectivity index (χ3n) is 1.05. The molecule has 0 radical (unpaired) electrons. The lowest BCUT2D eigenvalue weighted by atomic mass is 10.5. The van der Waals surface area contributed by atoms with Crippen molar-refractivity contribution in [3.05, 3.63) is 22.8 Å². The Hall–Kier alpha value is -0.710.